The lowest BCUT2D eigenvalue weighted by atomic mass is 10.3. The third-order valence-corrected chi connectivity index (χ3v) is 2.81. The first-order valence-electron chi connectivity index (χ1n) is 5.85. The summed E-state index contributed by atoms with van der Waals surface area (Å²) in [5.41, 5.74) is 2.07. The highest BCUT2D eigenvalue weighted by atomic mass is 16.2. The molecule has 19 heavy (non-hydrogen) atoms. The maximum absolute atomic E-state index is 11.8. The van der Waals surface area contributed by atoms with Gasteiger partial charge in [0, 0.05) is 0 Å². The molecule has 1 amide bonds. The van der Waals surface area contributed by atoms with Crippen LogP contribution >= 0.6 is 0 Å². The zero-order chi connectivity index (χ0) is 13.2. The van der Waals surface area contributed by atoms with E-state index in [9.17, 15) is 4.79 Å². The molecule has 7 nitrogen and oxygen atoms in total. The monoisotopic (exact) mass is 256 g/mol. The van der Waals surface area contributed by atoms with Crippen molar-refractivity contribution in [1.82, 2.24) is 30.7 Å². The molecule has 1 atom stereocenters. The van der Waals surface area contributed by atoms with Crippen molar-refractivity contribution < 1.29 is 4.79 Å². The van der Waals surface area contributed by atoms with Crippen LogP contribution in [0.1, 0.15) is 29.3 Å². The van der Waals surface area contributed by atoms with E-state index in [-0.39, 0.29) is 17.6 Å². The van der Waals surface area contributed by atoms with E-state index in [4.69, 9.17) is 0 Å². The summed E-state index contributed by atoms with van der Waals surface area (Å²) >= 11 is 0. The number of carbonyl (C=O) groups excluding carboxylic acids is 1. The quantitative estimate of drug-likeness (QED) is 0.655. The average molecular weight is 256 g/mol. The molecule has 1 aromatic carbocycles. The molecule has 0 aliphatic rings. The van der Waals surface area contributed by atoms with Gasteiger partial charge in [0.05, 0.1) is 23.3 Å². The lowest BCUT2D eigenvalue weighted by molar-refractivity contribution is 0.0933. The number of amides is 1. The summed E-state index contributed by atoms with van der Waals surface area (Å²) in [6, 6.07) is 7.48. The predicted octanol–water partition coefficient (Wildman–Crippen LogP) is 1.17. The largest absolute Gasteiger partial charge is 0.341 e. The van der Waals surface area contributed by atoms with Gasteiger partial charge in [-0.3, -0.25) is 4.79 Å². The van der Waals surface area contributed by atoms with Gasteiger partial charge in [0.1, 0.15) is 5.82 Å². The molecule has 3 N–H and O–H groups in total. The van der Waals surface area contributed by atoms with Crippen molar-refractivity contribution in [3.05, 3.63) is 42.0 Å². The summed E-state index contributed by atoms with van der Waals surface area (Å²) in [6.45, 7) is 1.86. The third-order valence-electron chi connectivity index (χ3n) is 2.81. The molecule has 0 saturated heterocycles. The van der Waals surface area contributed by atoms with Gasteiger partial charge in [0.15, 0.2) is 5.69 Å². The van der Waals surface area contributed by atoms with Crippen molar-refractivity contribution in [3.8, 4) is 0 Å². The Bertz CT molecular complexity index is 669. The van der Waals surface area contributed by atoms with E-state index < -0.39 is 0 Å². The fourth-order valence-electron chi connectivity index (χ4n) is 1.83. The molecule has 0 aliphatic heterocycles. The Morgan fingerprint density at radius 3 is 2.95 bits per heavy atom. The Morgan fingerprint density at radius 2 is 2.21 bits per heavy atom. The molecule has 3 aromatic rings. The van der Waals surface area contributed by atoms with E-state index in [1.807, 2.05) is 31.2 Å². The second-order valence-electron chi connectivity index (χ2n) is 4.19. The molecule has 0 radical (unpaired) electrons. The van der Waals surface area contributed by atoms with Crippen molar-refractivity contribution in [2.75, 3.05) is 0 Å². The van der Waals surface area contributed by atoms with Crippen LogP contribution in [0.25, 0.3) is 11.0 Å². The number of aromatic nitrogens is 5. The standard InChI is InChI=1S/C12H12N6O/c1-7(14-12(19)10-6-13-18-17-10)11-15-8-4-2-3-5-9(8)16-11/h2-7H,1H3,(H,14,19)(H,15,16)(H,13,17,18). The Hall–Kier alpha value is -2.70. The number of benzene rings is 1. The normalized spacial score (nSPS) is 12.5. The average Bonchev–Trinajstić information content (AvgIpc) is 3.07. The van der Waals surface area contributed by atoms with Crippen LogP contribution < -0.4 is 5.32 Å². The van der Waals surface area contributed by atoms with Gasteiger partial charge in [-0.1, -0.05) is 12.1 Å². The Labute approximate surface area is 108 Å². The molecular formula is C12H12N6O. The van der Waals surface area contributed by atoms with E-state index in [0.29, 0.717) is 5.82 Å². The summed E-state index contributed by atoms with van der Waals surface area (Å²) in [5.74, 6) is 0.416. The minimum Gasteiger partial charge on any atom is -0.341 e. The predicted molar refractivity (Wildman–Crippen MR) is 68.4 cm³/mol. The van der Waals surface area contributed by atoms with Crippen molar-refractivity contribution in [1.29, 1.82) is 0 Å². The molecule has 1 unspecified atom stereocenters. The minimum atomic E-state index is -0.290. The van der Waals surface area contributed by atoms with Crippen molar-refractivity contribution in [2.45, 2.75) is 13.0 Å². The van der Waals surface area contributed by atoms with Crippen LogP contribution in [0.4, 0.5) is 0 Å². The number of rotatable bonds is 3. The van der Waals surface area contributed by atoms with E-state index in [1.165, 1.54) is 6.20 Å². The Kier molecular flexibility index (Phi) is 2.71. The van der Waals surface area contributed by atoms with Crippen LogP contribution in [-0.4, -0.2) is 31.3 Å². The van der Waals surface area contributed by atoms with Crippen LogP contribution in [0.3, 0.4) is 0 Å². The number of nitrogens with zero attached hydrogens (tertiary/aromatic N) is 3. The van der Waals surface area contributed by atoms with Crippen molar-refractivity contribution in [2.24, 2.45) is 0 Å². The van der Waals surface area contributed by atoms with E-state index in [1.54, 1.807) is 0 Å². The summed E-state index contributed by atoms with van der Waals surface area (Å²) in [4.78, 5) is 19.4. The van der Waals surface area contributed by atoms with Crippen LogP contribution in [0.15, 0.2) is 30.5 Å². The minimum absolute atomic E-state index is 0.239. The second kappa shape index (κ2) is 4.52. The zero-order valence-electron chi connectivity index (χ0n) is 10.2. The first-order valence-corrected chi connectivity index (χ1v) is 5.85. The van der Waals surface area contributed by atoms with Crippen molar-refractivity contribution >= 4 is 16.9 Å². The molecule has 2 aromatic heterocycles. The Morgan fingerprint density at radius 1 is 1.37 bits per heavy atom. The molecule has 2 heterocycles. The van der Waals surface area contributed by atoms with Crippen LogP contribution in [0.5, 0.6) is 0 Å². The summed E-state index contributed by atoms with van der Waals surface area (Å²) < 4.78 is 0. The van der Waals surface area contributed by atoms with Crippen LogP contribution in [0, 0.1) is 0 Å². The van der Waals surface area contributed by atoms with Crippen LogP contribution in [0.2, 0.25) is 0 Å². The summed E-state index contributed by atoms with van der Waals surface area (Å²) in [6.07, 6.45) is 1.38. The first-order chi connectivity index (χ1) is 9.24. The number of aromatic amines is 2. The fraction of sp³-hybridized carbons (Fsp3) is 0.167. The number of carbonyl (C=O) groups is 1. The smallest absolute Gasteiger partial charge is 0.274 e. The third kappa shape index (κ3) is 2.17. The molecule has 0 fully saturated rings. The number of para-hydroxylation sites is 2. The van der Waals surface area contributed by atoms with E-state index in [0.717, 1.165) is 11.0 Å². The van der Waals surface area contributed by atoms with Gasteiger partial charge in [0.25, 0.3) is 5.91 Å². The summed E-state index contributed by atoms with van der Waals surface area (Å²) in [5, 5.41) is 12.5. The first kappa shape index (κ1) is 11.4. The second-order valence-corrected chi connectivity index (χ2v) is 4.19. The van der Waals surface area contributed by atoms with Gasteiger partial charge >= 0.3 is 0 Å². The molecule has 96 valence electrons. The molecule has 0 saturated carbocycles. The highest BCUT2D eigenvalue weighted by molar-refractivity contribution is 5.92. The highest BCUT2D eigenvalue weighted by Crippen LogP contribution is 2.15. The number of fused-ring (bicyclic) bond motifs is 1. The molecule has 0 bridgehead atoms. The number of imidazole rings is 1. The number of hydrogen-bond donors (Lipinski definition) is 3. The number of nitrogens with one attached hydrogen (secondary N) is 3. The molecule has 3 rings (SSSR count). The van der Waals surface area contributed by atoms with Crippen molar-refractivity contribution in [3.63, 3.8) is 0 Å². The van der Waals surface area contributed by atoms with Crippen LogP contribution in [-0.2, 0) is 0 Å². The maximum Gasteiger partial charge on any atom is 0.274 e. The number of H-pyrrole nitrogens is 2. The molecule has 0 spiro atoms. The highest BCUT2D eigenvalue weighted by Gasteiger charge is 2.16. The van der Waals surface area contributed by atoms with Gasteiger partial charge in [-0.25, -0.2) is 4.98 Å². The SMILES string of the molecule is CC(NC(=O)c1cn[nH]n1)c1nc2ccccc2[nH]1. The van der Waals surface area contributed by atoms with Gasteiger partial charge < -0.3 is 10.3 Å². The molecular weight excluding hydrogens is 244 g/mol. The van der Waals surface area contributed by atoms with E-state index >= 15 is 0 Å². The molecule has 7 heteroatoms. The fourth-order valence-corrected chi connectivity index (χ4v) is 1.83. The van der Waals surface area contributed by atoms with Gasteiger partial charge in [-0.2, -0.15) is 15.4 Å². The van der Waals surface area contributed by atoms with E-state index in [2.05, 4.69) is 30.7 Å². The Balaban J connectivity index is 1.80. The van der Waals surface area contributed by atoms with Gasteiger partial charge in [-0.05, 0) is 19.1 Å². The zero-order valence-corrected chi connectivity index (χ0v) is 10.2. The number of hydrogen-bond acceptors (Lipinski definition) is 4. The lowest BCUT2D eigenvalue weighted by Gasteiger charge is -2.09. The topological polar surface area (TPSA) is 99.3 Å². The van der Waals surface area contributed by atoms with Gasteiger partial charge in [0.2, 0.25) is 0 Å². The maximum atomic E-state index is 11.8. The van der Waals surface area contributed by atoms with Gasteiger partial charge in [-0.15, -0.1) is 0 Å². The molecule has 0 aliphatic carbocycles. The lowest BCUT2D eigenvalue weighted by Crippen LogP contribution is -2.27. The summed E-state index contributed by atoms with van der Waals surface area (Å²) in [7, 11) is 0.